The SMILES string of the molecule is C=C[C@H](CCCC)NC(C)=O. The van der Waals surface area contributed by atoms with Crippen molar-refractivity contribution < 1.29 is 4.79 Å². The highest BCUT2D eigenvalue weighted by atomic mass is 16.1. The first-order valence-electron chi connectivity index (χ1n) is 4.10. The van der Waals surface area contributed by atoms with Crippen molar-refractivity contribution in [1.82, 2.24) is 5.32 Å². The van der Waals surface area contributed by atoms with Gasteiger partial charge in [0, 0.05) is 13.0 Å². The Balaban J connectivity index is 3.57. The van der Waals surface area contributed by atoms with Gasteiger partial charge in [-0.05, 0) is 6.42 Å². The van der Waals surface area contributed by atoms with Gasteiger partial charge in [-0.2, -0.15) is 0 Å². The van der Waals surface area contributed by atoms with Crippen LogP contribution in [0.3, 0.4) is 0 Å². The Morgan fingerprint density at radius 3 is 2.73 bits per heavy atom. The van der Waals surface area contributed by atoms with Crippen LogP contribution in [0, 0.1) is 0 Å². The molecule has 0 aromatic rings. The van der Waals surface area contributed by atoms with E-state index in [-0.39, 0.29) is 11.9 Å². The van der Waals surface area contributed by atoms with Crippen LogP contribution in [0.15, 0.2) is 12.7 Å². The summed E-state index contributed by atoms with van der Waals surface area (Å²) in [6.07, 6.45) is 5.08. The number of unbranched alkanes of at least 4 members (excludes halogenated alkanes) is 1. The summed E-state index contributed by atoms with van der Waals surface area (Å²) in [5.74, 6) is 0.0194. The molecule has 11 heavy (non-hydrogen) atoms. The molecule has 2 heteroatoms. The number of hydrogen-bond donors (Lipinski definition) is 1. The molecule has 0 radical (unpaired) electrons. The van der Waals surface area contributed by atoms with Gasteiger partial charge in [-0.1, -0.05) is 25.8 Å². The van der Waals surface area contributed by atoms with Crippen molar-refractivity contribution >= 4 is 5.91 Å². The summed E-state index contributed by atoms with van der Waals surface area (Å²) >= 11 is 0. The molecule has 0 spiro atoms. The Kier molecular flexibility index (Phi) is 5.53. The molecule has 2 nitrogen and oxygen atoms in total. The van der Waals surface area contributed by atoms with E-state index in [9.17, 15) is 4.79 Å². The number of carbonyl (C=O) groups is 1. The summed E-state index contributed by atoms with van der Waals surface area (Å²) in [6, 6.07) is 0.160. The van der Waals surface area contributed by atoms with Crippen LogP contribution in [0.5, 0.6) is 0 Å². The number of amides is 1. The lowest BCUT2D eigenvalue weighted by Gasteiger charge is -2.11. The van der Waals surface area contributed by atoms with E-state index in [4.69, 9.17) is 0 Å². The third-order valence-corrected chi connectivity index (χ3v) is 1.54. The second kappa shape index (κ2) is 5.96. The van der Waals surface area contributed by atoms with Crippen LogP contribution in [-0.4, -0.2) is 11.9 Å². The molecular formula is C9H17NO. The van der Waals surface area contributed by atoms with Crippen LogP contribution in [0.1, 0.15) is 33.1 Å². The number of rotatable bonds is 5. The highest BCUT2D eigenvalue weighted by Gasteiger charge is 2.02. The predicted octanol–water partition coefficient (Wildman–Crippen LogP) is 1.87. The zero-order valence-corrected chi connectivity index (χ0v) is 7.39. The molecule has 0 fully saturated rings. The van der Waals surface area contributed by atoms with E-state index in [0.717, 1.165) is 19.3 Å². The summed E-state index contributed by atoms with van der Waals surface area (Å²) in [5.41, 5.74) is 0. The fourth-order valence-electron chi connectivity index (χ4n) is 0.934. The van der Waals surface area contributed by atoms with Gasteiger partial charge >= 0.3 is 0 Å². The first-order valence-corrected chi connectivity index (χ1v) is 4.10. The lowest BCUT2D eigenvalue weighted by Crippen LogP contribution is -2.30. The normalized spacial score (nSPS) is 12.2. The standard InChI is InChI=1S/C9H17NO/c1-4-6-7-9(5-2)10-8(3)11/h5,9H,2,4,6-7H2,1,3H3,(H,10,11)/t9-/m1/s1. The van der Waals surface area contributed by atoms with E-state index in [1.165, 1.54) is 6.92 Å². The Bertz CT molecular complexity index is 132. The maximum absolute atomic E-state index is 10.6. The third kappa shape index (κ3) is 5.64. The highest BCUT2D eigenvalue weighted by molar-refractivity contribution is 5.73. The maximum atomic E-state index is 10.6. The molecule has 0 aromatic heterocycles. The van der Waals surface area contributed by atoms with E-state index in [2.05, 4.69) is 18.8 Å². The lowest BCUT2D eigenvalue weighted by atomic mass is 10.1. The van der Waals surface area contributed by atoms with Gasteiger partial charge in [-0.3, -0.25) is 4.79 Å². The number of carbonyl (C=O) groups excluding carboxylic acids is 1. The first-order chi connectivity index (χ1) is 5.20. The summed E-state index contributed by atoms with van der Waals surface area (Å²) in [5, 5.41) is 2.81. The molecule has 0 unspecified atom stereocenters. The van der Waals surface area contributed by atoms with Crippen molar-refractivity contribution in [3.63, 3.8) is 0 Å². The lowest BCUT2D eigenvalue weighted by molar-refractivity contribution is -0.119. The molecule has 1 atom stereocenters. The fourth-order valence-corrected chi connectivity index (χ4v) is 0.934. The molecule has 0 aliphatic rings. The Hall–Kier alpha value is -0.790. The van der Waals surface area contributed by atoms with Gasteiger partial charge in [0.1, 0.15) is 0 Å². The molecule has 0 bridgehead atoms. The van der Waals surface area contributed by atoms with Crippen molar-refractivity contribution in [3.05, 3.63) is 12.7 Å². The van der Waals surface area contributed by atoms with Crippen LogP contribution in [0.2, 0.25) is 0 Å². The molecule has 0 aromatic carbocycles. The average Bonchev–Trinajstić information content (AvgIpc) is 1.97. The van der Waals surface area contributed by atoms with Crippen LogP contribution in [0.25, 0.3) is 0 Å². The average molecular weight is 155 g/mol. The molecule has 0 heterocycles. The molecule has 0 aliphatic heterocycles. The maximum Gasteiger partial charge on any atom is 0.217 e. The summed E-state index contributed by atoms with van der Waals surface area (Å²) in [7, 11) is 0. The van der Waals surface area contributed by atoms with E-state index in [0.29, 0.717) is 0 Å². The van der Waals surface area contributed by atoms with Crippen molar-refractivity contribution in [2.24, 2.45) is 0 Å². The Morgan fingerprint density at radius 1 is 1.73 bits per heavy atom. The first kappa shape index (κ1) is 10.2. The van der Waals surface area contributed by atoms with Crippen LogP contribution >= 0.6 is 0 Å². The molecule has 1 amide bonds. The molecule has 0 saturated carbocycles. The smallest absolute Gasteiger partial charge is 0.217 e. The minimum atomic E-state index is 0.0194. The van der Waals surface area contributed by atoms with Gasteiger partial charge in [0.25, 0.3) is 0 Å². The predicted molar refractivity (Wildman–Crippen MR) is 47.3 cm³/mol. The van der Waals surface area contributed by atoms with Gasteiger partial charge in [-0.25, -0.2) is 0 Å². The van der Waals surface area contributed by atoms with Gasteiger partial charge in [0.05, 0.1) is 0 Å². The number of hydrogen-bond acceptors (Lipinski definition) is 1. The summed E-state index contributed by atoms with van der Waals surface area (Å²) in [6.45, 7) is 7.32. The Labute approximate surface area is 68.7 Å². The summed E-state index contributed by atoms with van der Waals surface area (Å²) in [4.78, 5) is 10.6. The molecule has 0 saturated heterocycles. The highest BCUT2D eigenvalue weighted by Crippen LogP contribution is 2.00. The number of nitrogens with one attached hydrogen (secondary N) is 1. The molecule has 1 N–H and O–H groups in total. The van der Waals surface area contributed by atoms with E-state index in [1.54, 1.807) is 6.08 Å². The quantitative estimate of drug-likeness (QED) is 0.603. The fraction of sp³-hybridized carbons (Fsp3) is 0.667. The van der Waals surface area contributed by atoms with Gasteiger partial charge in [-0.15, -0.1) is 6.58 Å². The van der Waals surface area contributed by atoms with Crippen molar-refractivity contribution in [2.75, 3.05) is 0 Å². The molecule has 64 valence electrons. The largest absolute Gasteiger partial charge is 0.350 e. The van der Waals surface area contributed by atoms with Gasteiger partial charge in [0.15, 0.2) is 0 Å². The van der Waals surface area contributed by atoms with Crippen LogP contribution in [-0.2, 0) is 4.79 Å². The van der Waals surface area contributed by atoms with Crippen LogP contribution < -0.4 is 5.32 Å². The topological polar surface area (TPSA) is 29.1 Å². The van der Waals surface area contributed by atoms with Crippen LogP contribution in [0.4, 0.5) is 0 Å². The second-order valence-corrected chi connectivity index (χ2v) is 2.68. The zero-order valence-electron chi connectivity index (χ0n) is 7.39. The molecule has 0 rings (SSSR count). The van der Waals surface area contributed by atoms with E-state index < -0.39 is 0 Å². The monoisotopic (exact) mass is 155 g/mol. The third-order valence-electron chi connectivity index (χ3n) is 1.54. The van der Waals surface area contributed by atoms with Crippen molar-refractivity contribution in [2.45, 2.75) is 39.2 Å². The van der Waals surface area contributed by atoms with Crippen molar-refractivity contribution in [1.29, 1.82) is 0 Å². The minimum absolute atomic E-state index is 0.0194. The van der Waals surface area contributed by atoms with E-state index in [1.807, 2.05) is 0 Å². The van der Waals surface area contributed by atoms with E-state index >= 15 is 0 Å². The Morgan fingerprint density at radius 2 is 2.36 bits per heavy atom. The molecular weight excluding hydrogens is 138 g/mol. The molecule has 0 aliphatic carbocycles. The van der Waals surface area contributed by atoms with Crippen molar-refractivity contribution in [3.8, 4) is 0 Å². The van der Waals surface area contributed by atoms with Gasteiger partial charge < -0.3 is 5.32 Å². The summed E-state index contributed by atoms with van der Waals surface area (Å²) < 4.78 is 0. The minimum Gasteiger partial charge on any atom is -0.350 e. The van der Waals surface area contributed by atoms with Gasteiger partial charge in [0.2, 0.25) is 5.91 Å². The zero-order chi connectivity index (χ0) is 8.69. The second-order valence-electron chi connectivity index (χ2n) is 2.68.